The minimum Gasteiger partial charge on any atom is -0.496 e. The molecule has 104 valence electrons. The van der Waals surface area contributed by atoms with E-state index < -0.39 is 12.0 Å². The lowest BCUT2D eigenvalue weighted by atomic mass is 9.98. The van der Waals surface area contributed by atoms with Gasteiger partial charge in [-0.3, -0.25) is 0 Å². The number of benzene rings is 2. The van der Waals surface area contributed by atoms with Crippen LogP contribution < -0.4 is 10.1 Å². The first kappa shape index (κ1) is 12.9. The van der Waals surface area contributed by atoms with E-state index in [0.717, 1.165) is 24.2 Å². The van der Waals surface area contributed by atoms with Crippen LogP contribution in [0.15, 0.2) is 36.4 Å². The third kappa shape index (κ3) is 2.11. The average molecular weight is 275 g/mol. The van der Waals surface area contributed by atoms with Crippen LogP contribution in [-0.4, -0.2) is 13.7 Å². The smallest absolute Gasteiger partial charge is 0.156 e. The summed E-state index contributed by atoms with van der Waals surface area (Å²) < 4.78 is 33.4. The first-order valence-corrected chi connectivity index (χ1v) is 6.54. The molecule has 1 unspecified atom stereocenters. The van der Waals surface area contributed by atoms with E-state index in [1.54, 1.807) is 6.07 Å². The fraction of sp³-hybridized carbons (Fsp3) is 0.250. The summed E-state index contributed by atoms with van der Waals surface area (Å²) in [6.07, 6.45) is -0.530. The molecule has 0 amide bonds. The Balaban J connectivity index is 2.07. The van der Waals surface area contributed by atoms with Gasteiger partial charge in [-0.25, -0.2) is 8.78 Å². The highest BCUT2D eigenvalue weighted by molar-refractivity contribution is 5.63. The standard InChI is InChI=1S/C16H15F2NO/c1-20-14-6-5-11(17)9-13(14)15(18)12-4-2-3-10-7-8-19-16(10)12/h2-6,9,15,19H,7-8H2,1H3. The van der Waals surface area contributed by atoms with Gasteiger partial charge in [0.1, 0.15) is 11.6 Å². The van der Waals surface area contributed by atoms with Crippen molar-refractivity contribution in [2.24, 2.45) is 0 Å². The zero-order chi connectivity index (χ0) is 14.1. The van der Waals surface area contributed by atoms with Gasteiger partial charge in [0.15, 0.2) is 6.17 Å². The molecular weight excluding hydrogens is 260 g/mol. The molecule has 0 fully saturated rings. The summed E-state index contributed by atoms with van der Waals surface area (Å²) in [5.41, 5.74) is 2.67. The molecule has 1 heterocycles. The summed E-state index contributed by atoms with van der Waals surface area (Å²) in [4.78, 5) is 0. The minimum absolute atomic E-state index is 0.217. The summed E-state index contributed by atoms with van der Waals surface area (Å²) in [7, 11) is 1.46. The molecule has 2 nitrogen and oxygen atoms in total. The van der Waals surface area contributed by atoms with Crippen molar-refractivity contribution in [1.29, 1.82) is 0 Å². The number of alkyl halides is 1. The fourth-order valence-electron chi connectivity index (χ4n) is 2.65. The number of anilines is 1. The maximum Gasteiger partial charge on any atom is 0.156 e. The van der Waals surface area contributed by atoms with Gasteiger partial charge >= 0.3 is 0 Å². The van der Waals surface area contributed by atoms with Gasteiger partial charge in [0, 0.05) is 23.4 Å². The number of rotatable bonds is 3. The molecule has 0 saturated heterocycles. The summed E-state index contributed by atoms with van der Waals surface area (Å²) >= 11 is 0. The van der Waals surface area contributed by atoms with Crippen LogP contribution in [0.25, 0.3) is 0 Å². The largest absolute Gasteiger partial charge is 0.496 e. The summed E-state index contributed by atoms with van der Waals surface area (Å²) in [5.74, 6) is -0.113. The highest BCUT2D eigenvalue weighted by Gasteiger charge is 2.24. The third-order valence-electron chi connectivity index (χ3n) is 3.62. The molecule has 0 radical (unpaired) electrons. The van der Waals surface area contributed by atoms with E-state index in [4.69, 9.17) is 4.74 Å². The van der Waals surface area contributed by atoms with Crippen molar-refractivity contribution in [2.45, 2.75) is 12.6 Å². The van der Waals surface area contributed by atoms with Crippen LogP contribution in [0.2, 0.25) is 0 Å². The highest BCUT2D eigenvalue weighted by atomic mass is 19.1. The molecule has 0 aromatic heterocycles. The summed E-state index contributed by atoms with van der Waals surface area (Å²) in [5, 5.41) is 3.20. The Kier molecular flexibility index (Phi) is 3.30. The third-order valence-corrected chi connectivity index (χ3v) is 3.62. The summed E-state index contributed by atoms with van der Waals surface area (Å²) in [6, 6.07) is 9.45. The molecular formula is C16H15F2NO. The first-order chi connectivity index (χ1) is 9.70. The zero-order valence-corrected chi connectivity index (χ0v) is 11.1. The first-order valence-electron chi connectivity index (χ1n) is 6.54. The number of hydrogen-bond acceptors (Lipinski definition) is 2. The van der Waals surface area contributed by atoms with Gasteiger partial charge in [0.25, 0.3) is 0 Å². The minimum atomic E-state index is -1.42. The Labute approximate surface area is 116 Å². The predicted octanol–water partition coefficient (Wildman–Crippen LogP) is 3.86. The van der Waals surface area contributed by atoms with Crippen molar-refractivity contribution >= 4 is 5.69 Å². The lowest BCUT2D eigenvalue weighted by Gasteiger charge is -2.16. The van der Waals surface area contributed by atoms with Crippen LogP contribution in [0.1, 0.15) is 22.9 Å². The van der Waals surface area contributed by atoms with Crippen molar-refractivity contribution in [3.63, 3.8) is 0 Å². The van der Waals surface area contributed by atoms with E-state index in [1.165, 1.54) is 25.3 Å². The van der Waals surface area contributed by atoms with Gasteiger partial charge in [-0.15, -0.1) is 0 Å². The van der Waals surface area contributed by atoms with E-state index in [0.29, 0.717) is 11.3 Å². The molecule has 3 rings (SSSR count). The van der Waals surface area contributed by atoms with E-state index >= 15 is 0 Å². The van der Waals surface area contributed by atoms with Gasteiger partial charge in [-0.1, -0.05) is 18.2 Å². The molecule has 2 aromatic rings. The number of fused-ring (bicyclic) bond motifs is 1. The molecule has 4 heteroatoms. The second-order valence-electron chi connectivity index (χ2n) is 4.81. The second kappa shape index (κ2) is 5.12. The van der Waals surface area contributed by atoms with Crippen molar-refractivity contribution in [3.05, 3.63) is 58.9 Å². The maximum atomic E-state index is 14.9. The molecule has 0 bridgehead atoms. The highest BCUT2D eigenvalue weighted by Crippen LogP contribution is 2.39. The summed E-state index contributed by atoms with van der Waals surface area (Å²) in [6.45, 7) is 0.805. The number of halogens is 2. The Hall–Kier alpha value is -2.10. The van der Waals surface area contributed by atoms with E-state index in [2.05, 4.69) is 5.32 Å². The molecule has 0 spiro atoms. The topological polar surface area (TPSA) is 21.3 Å². The Morgan fingerprint density at radius 2 is 2.05 bits per heavy atom. The number of methoxy groups -OCH3 is 1. The lowest BCUT2D eigenvalue weighted by Crippen LogP contribution is -2.03. The molecule has 1 aliphatic rings. The van der Waals surface area contributed by atoms with E-state index in [1.807, 2.05) is 12.1 Å². The van der Waals surface area contributed by atoms with E-state index in [-0.39, 0.29) is 5.56 Å². The van der Waals surface area contributed by atoms with Crippen LogP contribution in [-0.2, 0) is 6.42 Å². The quantitative estimate of drug-likeness (QED) is 0.918. The molecule has 1 N–H and O–H groups in total. The average Bonchev–Trinajstić information content (AvgIpc) is 2.94. The molecule has 20 heavy (non-hydrogen) atoms. The Morgan fingerprint density at radius 1 is 1.20 bits per heavy atom. The normalized spacial score (nSPS) is 14.6. The predicted molar refractivity (Wildman–Crippen MR) is 74.5 cm³/mol. The van der Waals surface area contributed by atoms with Crippen molar-refractivity contribution in [1.82, 2.24) is 0 Å². The van der Waals surface area contributed by atoms with Gasteiger partial charge < -0.3 is 10.1 Å². The van der Waals surface area contributed by atoms with Crippen molar-refractivity contribution in [3.8, 4) is 5.75 Å². The van der Waals surface area contributed by atoms with Crippen LogP contribution in [0.5, 0.6) is 5.75 Å². The Morgan fingerprint density at radius 3 is 2.85 bits per heavy atom. The number of hydrogen-bond donors (Lipinski definition) is 1. The molecule has 0 saturated carbocycles. The van der Waals surface area contributed by atoms with E-state index in [9.17, 15) is 8.78 Å². The molecule has 2 aromatic carbocycles. The van der Waals surface area contributed by atoms with Crippen molar-refractivity contribution < 1.29 is 13.5 Å². The van der Waals surface area contributed by atoms with Crippen LogP contribution >= 0.6 is 0 Å². The van der Waals surface area contributed by atoms with Gasteiger partial charge in [-0.05, 0) is 30.2 Å². The Bertz CT molecular complexity index is 640. The van der Waals surface area contributed by atoms with Crippen LogP contribution in [0.4, 0.5) is 14.5 Å². The number of ether oxygens (including phenoxy) is 1. The molecule has 1 atom stereocenters. The number of nitrogens with one attached hydrogen (secondary N) is 1. The van der Waals surface area contributed by atoms with Crippen LogP contribution in [0.3, 0.4) is 0 Å². The van der Waals surface area contributed by atoms with Gasteiger partial charge in [-0.2, -0.15) is 0 Å². The lowest BCUT2D eigenvalue weighted by molar-refractivity contribution is 0.362. The zero-order valence-electron chi connectivity index (χ0n) is 11.1. The monoisotopic (exact) mass is 275 g/mol. The molecule has 0 aliphatic carbocycles. The van der Waals surface area contributed by atoms with Gasteiger partial charge in [0.2, 0.25) is 0 Å². The van der Waals surface area contributed by atoms with Gasteiger partial charge in [0.05, 0.1) is 7.11 Å². The number of para-hydroxylation sites is 1. The maximum absolute atomic E-state index is 14.9. The second-order valence-corrected chi connectivity index (χ2v) is 4.81. The SMILES string of the molecule is COc1ccc(F)cc1C(F)c1cccc2c1NCC2. The fourth-order valence-corrected chi connectivity index (χ4v) is 2.65. The van der Waals surface area contributed by atoms with Crippen LogP contribution in [0, 0.1) is 5.82 Å². The van der Waals surface area contributed by atoms with Crippen molar-refractivity contribution in [2.75, 3.05) is 19.0 Å². The molecule has 1 aliphatic heterocycles.